The van der Waals surface area contributed by atoms with Crippen LogP contribution < -0.4 is 10.2 Å². The molecule has 1 aliphatic heterocycles. The molecule has 33 heavy (non-hydrogen) atoms. The quantitative estimate of drug-likeness (QED) is 0.669. The first-order valence-corrected chi connectivity index (χ1v) is 12.5. The highest BCUT2D eigenvalue weighted by atomic mass is 32.2. The monoisotopic (exact) mass is 479 g/mol. The highest BCUT2D eigenvalue weighted by Gasteiger charge is 2.29. The second-order valence-corrected chi connectivity index (χ2v) is 11.2. The molecule has 0 saturated carbocycles. The van der Waals surface area contributed by atoms with Crippen LogP contribution in [0.1, 0.15) is 33.6 Å². The van der Waals surface area contributed by atoms with Crippen molar-refractivity contribution in [3.05, 3.63) is 36.4 Å². The maximum atomic E-state index is 14.4. The van der Waals surface area contributed by atoms with E-state index in [1.54, 1.807) is 11.1 Å². The Hall–Kier alpha value is -2.79. The Kier molecular flexibility index (Phi) is 7.23. The molecule has 0 amide bonds. The molecule has 1 aromatic heterocycles. The van der Waals surface area contributed by atoms with Gasteiger partial charge in [0, 0.05) is 38.5 Å². The Morgan fingerprint density at radius 3 is 2.45 bits per heavy atom. The molecule has 9 nitrogen and oxygen atoms in total. The first kappa shape index (κ1) is 24.8. The maximum absolute atomic E-state index is 14.4. The SMILES string of the molecule is CN(c1cc(Nc2ccc(S(C)(=O)=O)cc2F)ncn1)C1CCN(OC(=O)C(C)(C)C)CC1. The average Bonchev–Trinajstić information content (AvgIpc) is 2.74. The molecule has 0 unspecified atom stereocenters. The van der Waals surface area contributed by atoms with Gasteiger partial charge in [0.1, 0.15) is 23.8 Å². The molecule has 1 saturated heterocycles. The minimum absolute atomic E-state index is 0.0896. The van der Waals surface area contributed by atoms with Gasteiger partial charge >= 0.3 is 5.97 Å². The van der Waals surface area contributed by atoms with Crippen molar-refractivity contribution in [2.75, 3.05) is 36.6 Å². The number of benzene rings is 1. The van der Waals surface area contributed by atoms with Crippen LogP contribution in [0.4, 0.5) is 21.7 Å². The van der Waals surface area contributed by atoms with E-state index >= 15 is 0 Å². The second kappa shape index (κ2) is 9.60. The lowest BCUT2D eigenvalue weighted by molar-refractivity contribution is -0.204. The van der Waals surface area contributed by atoms with Crippen LogP contribution in [0.15, 0.2) is 35.5 Å². The van der Waals surface area contributed by atoms with E-state index in [2.05, 4.69) is 15.3 Å². The van der Waals surface area contributed by atoms with Gasteiger partial charge in [0.15, 0.2) is 9.84 Å². The number of hydroxylamine groups is 2. The number of carbonyl (C=O) groups excluding carboxylic acids is 1. The molecule has 3 rings (SSSR count). The number of halogens is 1. The molecule has 180 valence electrons. The fourth-order valence-corrected chi connectivity index (χ4v) is 3.97. The normalized spacial score (nSPS) is 15.8. The number of aromatic nitrogens is 2. The maximum Gasteiger partial charge on any atom is 0.330 e. The molecule has 11 heteroatoms. The predicted octanol–water partition coefficient (Wildman–Crippen LogP) is 3.17. The molecule has 2 aromatic rings. The lowest BCUT2D eigenvalue weighted by atomic mass is 9.98. The van der Waals surface area contributed by atoms with E-state index in [-0.39, 0.29) is 22.6 Å². The van der Waals surface area contributed by atoms with E-state index in [1.807, 2.05) is 32.7 Å². The van der Waals surface area contributed by atoms with Gasteiger partial charge in [0.05, 0.1) is 16.0 Å². The minimum atomic E-state index is -3.49. The summed E-state index contributed by atoms with van der Waals surface area (Å²) in [4.78, 5) is 28.0. The summed E-state index contributed by atoms with van der Waals surface area (Å²) in [6, 6.07) is 5.58. The molecule has 0 radical (unpaired) electrons. The van der Waals surface area contributed by atoms with Gasteiger partial charge in [-0.15, -0.1) is 5.06 Å². The van der Waals surface area contributed by atoms with Gasteiger partial charge in [0.25, 0.3) is 0 Å². The molecule has 1 fully saturated rings. The molecule has 0 bridgehead atoms. The lowest BCUT2D eigenvalue weighted by Gasteiger charge is -2.36. The predicted molar refractivity (Wildman–Crippen MR) is 123 cm³/mol. The van der Waals surface area contributed by atoms with Gasteiger partial charge in [0.2, 0.25) is 0 Å². The highest BCUT2D eigenvalue weighted by Crippen LogP contribution is 2.26. The van der Waals surface area contributed by atoms with Crippen LogP contribution in [0.25, 0.3) is 0 Å². The first-order chi connectivity index (χ1) is 15.3. The summed E-state index contributed by atoms with van der Waals surface area (Å²) in [5.74, 6) is 0.0986. The summed E-state index contributed by atoms with van der Waals surface area (Å²) >= 11 is 0. The Bertz CT molecular complexity index is 1110. The summed E-state index contributed by atoms with van der Waals surface area (Å²) < 4.78 is 37.6. The number of hydrogen-bond donors (Lipinski definition) is 1. The van der Waals surface area contributed by atoms with Crippen LogP contribution in [0, 0.1) is 11.2 Å². The molecule has 2 heterocycles. The van der Waals surface area contributed by atoms with Crippen molar-refractivity contribution in [2.24, 2.45) is 5.41 Å². The number of nitrogens with zero attached hydrogens (tertiary/aromatic N) is 4. The third-order valence-corrected chi connectivity index (χ3v) is 6.55. The zero-order valence-corrected chi connectivity index (χ0v) is 20.3. The molecule has 1 N–H and O–H groups in total. The number of piperidine rings is 1. The fraction of sp³-hybridized carbons (Fsp3) is 0.500. The van der Waals surface area contributed by atoms with E-state index in [9.17, 15) is 17.6 Å². The smallest absolute Gasteiger partial charge is 0.330 e. The Balaban J connectivity index is 1.64. The molecule has 0 spiro atoms. The zero-order valence-electron chi connectivity index (χ0n) is 19.5. The third kappa shape index (κ3) is 6.38. The molecule has 1 aromatic carbocycles. The van der Waals surface area contributed by atoms with Crippen molar-refractivity contribution in [1.29, 1.82) is 0 Å². The summed E-state index contributed by atoms with van der Waals surface area (Å²) in [5.41, 5.74) is -0.438. The van der Waals surface area contributed by atoms with Crippen LogP contribution in [-0.2, 0) is 19.5 Å². The third-order valence-electron chi connectivity index (χ3n) is 5.44. The first-order valence-electron chi connectivity index (χ1n) is 10.6. The van der Waals surface area contributed by atoms with Crippen molar-refractivity contribution in [1.82, 2.24) is 15.0 Å². The number of anilines is 3. The summed E-state index contributed by atoms with van der Waals surface area (Å²) in [6.07, 6.45) is 3.97. The van der Waals surface area contributed by atoms with Crippen LogP contribution >= 0.6 is 0 Å². The number of rotatable bonds is 6. The Morgan fingerprint density at radius 2 is 1.88 bits per heavy atom. The van der Waals surface area contributed by atoms with Crippen LogP contribution in [0.2, 0.25) is 0 Å². The average molecular weight is 480 g/mol. The zero-order chi connectivity index (χ0) is 24.4. The lowest BCUT2D eigenvalue weighted by Crippen LogP contribution is -2.45. The molecule has 0 aliphatic carbocycles. The topological polar surface area (TPSA) is 105 Å². The van der Waals surface area contributed by atoms with Gasteiger partial charge in [-0.2, -0.15) is 0 Å². The van der Waals surface area contributed by atoms with Gasteiger partial charge in [-0.1, -0.05) is 0 Å². The summed E-state index contributed by atoms with van der Waals surface area (Å²) in [7, 11) is -1.57. The number of hydrogen-bond acceptors (Lipinski definition) is 9. The summed E-state index contributed by atoms with van der Waals surface area (Å²) in [5, 5.41) is 4.58. The van der Waals surface area contributed by atoms with Gasteiger partial charge in [-0.3, -0.25) is 0 Å². The molecule has 1 aliphatic rings. The number of nitrogens with one attached hydrogen (secondary N) is 1. The molecular weight excluding hydrogens is 449 g/mol. The molecular formula is C22H30FN5O4S. The summed E-state index contributed by atoms with van der Waals surface area (Å²) in [6.45, 7) is 6.70. The van der Waals surface area contributed by atoms with Crippen molar-refractivity contribution < 1.29 is 22.4 Å². The van der Waals surface area contributed by atoms with Crippen LogP contribution in [0.3, 0.4) is 0 Å². The van der Waals surface area contributed by atoms with Crippen molar-refractivity contribution in [3.8, 4) is 0 Å². The Morgan fingerprint density at radius 1 is 1.21 bits per heavy atom. The van der Waals surface area contributed by atoms with Crippen molar-refractivity contribution >= 4 is 33.1 Å². The van der Waals surface area contributed by atoms with Crippen LogP contribution in [0.5, 0.6) is 0 Å². The van der Waals surface area contributed by atoms with E-state index in [0.29, 0.717) is 24.7 Å². The highest BCUT2D eigenvalue weighted by molar-refractivity contribution is 7.90. The molecule has 0 atom stereocenters. The van der Waals surface area contributed by atoms with E-state index in [1.165, 1.54) is 18.5 Å². The number of carbonyl (C=O) groups is 1. The number of sulfone groups is 1. The van der Waals surface area contributed by atoms with E-state index < -0.39 is 21.1 Å². The van der Waals surface area contributed by atoms with Gasteiger partial charge in [-0.05, 0) is 51.8 Å². The fourth-order valence-electron chi connectivity index (χ4n) is 3.34. The van der Waals surface area contributed by atoms with E-state index in [0.717, 1.165) is 25.2 Å². The van der Waals surface area contributed by atoms with Gasteiger partial charge in [-0.25, -0.2) is 27.6 Å². The second-order valence-electron chi connectivity index (χ2n) is 9.20. The van der Waals surface area contributed by atoms with Crippen molar-refractivity contribution in [2.45, 2.75) is 44.6 Å². The largest absolute Gasteiger partial charge is 0.367 e. The van der Waals surface area contributed by atoms with Gasteiger partial charge < -0.3 is 15.1 Å². The van der Waals surface area contributed by atoms with Crippen molar-refractivity contribution in [3.63, 3.8) is 0 Å². The minimum Gasteiger partial charge on any atom is -0.367 e. The van der Waals surface area contributed by atoms with Crippen LogP contribution in [-0.4, -0.2) is 61.9 Å². The van der Waals surface area contributed by atoms with E-state index in [4.69, 9.17) is 4.84 Å². The Labute approximate surface area is 193 Å². The standard InChI is InChI=1S/C22H30FN5O4S/c1-22(2,3)21(29)32-28-10-8-15(9-11-28)27(4)20-13-19(24-14-25-20)26-18-7-6-16(12-17(18)23)33(5,30)31/h6-7,12-15H,8-11H2,1-5H3,(H,24,25,26).